The fourth-order valence-electron chi connectivity index (χ4n) is 1.91. The van der Waals surface area contributed by atoms with Gasteiger partial charge in [-0.1, -0.05) is 18.2 Å². The largest absolute Gasteiger partial charge is 0.422 e. The van der Waals surface area contributed by atoms with Gasteiger partial charge in [-0.25, -0.2) is 4.79 Å². The fourth-order valence-corrected chi connectivity index (χ4v) is 2.73. The van der Waals surface area contributed by atoms with Gasteiger partial charge in [-0.05, 0) is 31.2 Å². The lowest BCUT2D eigenvalue weighted by Crippen LogP contribution is -2.13. The molecule has 0 aliphatic rings. The van der Waals surface area contributed by atoms with Gasteiger partial charge in [0.1, 0.15) is 11.1 Å². The molecule has 0 spiro atoms. The Morgan fingerprint density at radius 3 is 2.68 bits per heavy atom. The summed E-state index contributed by atoms with van der Waals surface area (Å²) in [5.41, 5.74) is -0.0123. The molecule has 94 valence electrons. The second-order valence-corrected chi connectivity index (χ2v) is 5.51. The summed E-state index contributed by atoms with van der Waals surface area (Å²) in [7, 11) is 0. The molecule has 0 saturated carbocycles. The number of benzene rings is 1. The Bertz CT molecular complexity index is 827. The summed E-state index contributed by atoms with van der Waals surface area (Å²) in [6, 6.07) is 12.3. The van der Waals surface area contributed by atoms with Gasteiger partial charge in [-0.15, -0.1) is 11.3 Å². The first-order valence-corrected chi connectivity index (χ1v) is 6.61. The molecule has 0 atom stereocenters. The molecule has 0 aliphatic carbocycles. The van der Waals surface area contributed by atoms with E-state index < -0.39 is 5.63 Å². The molecule has 0 aliphatic heterocycles. The van der Waals surface area contributed by atoms with Crippen LogP contribution in [0.5, 0.6) is 0 Å². The standard InChI is InChI=1S/C15H10O3S/c1-9-6-7-13(19-9)14(16)11-8-10-4-2-3-5-12(10)18-15(11)17/h2-8H,1H3. The van der Waals surface area contributed by atoms with Crippen molar-refractivity contribution in [1.29, 1.82) is 0 Å². The van der Waals surface area contributed by atoms with Crippen molar-refractivity contribution >= 4 is 28.1 Å². The number of fused-ring (bicyclic) bond motifs is 1. The molecule has 3 aromatic rings. The number of hydrogen-bond donors (Lipinski definition) is 0. The van der Waals surface area contributed by atoms with Gasteiger partial charge in [-0.3, -0.25) is 4.79 Å². The summed E-state index contributed by atoms with van der Waals surface area (Å²) in [6.07, 6.45) is 0. The number of ketones is 1. The van der Waals surface area contributed by atoms with Crippen molar-refractivity contribution in [3.8, 4) is 0 Å². The third-order valence-electron chi connectivity index (χ3n) is 2.85. The number of hydrogen-bond acceptors (Lipinski definition) is 4. The molecule has 2 aromatic heterocycles. The number of carbonyl (C=O) groups is 1. The van der Waals surface area contributed by atoms with E-state index in [9.17, 15) is 9.59 Å². The molecule has 19 heavy (non-hydrogen) atoms. The molecule has 3 rings (SSSR count). The number of aryl methyl sites for hydroxylation is 1. The Morgan fingerprint density at radius 1 is 1.16 bits per heavy atom. The SMILES string of the molecule is Cc1ccc(C(=O)c2cc3ccccc3oc2=O)s1. The van der Waals surface area contributed by atoms with Crippen LogP contribution in [0.15, 0.2) is 51.7 Å². The lowest BCUT2D eigenvalue weighted by molar-refractivity contribution is 0.103. The maximum Gasteiger partial charge on any atom is 0.347 e. The second-order valence-electron chi connectivity index (χ2n) is 4.22. The van der Waals surface area contributed by atoms with Crippen LogP contribution in [0.1, 0.15) is 20.1 Å². The van der Waals surface area contributed by atoms with Gasteiger partial charge in [0.15, 0.2) is 0 Å². The molecule has 0 amide bonds. The Hall–Kier alpha value is -2.20. The molecule has 2 heterocycles. The van der Waals surface area contributed by atoms with Crippen LogP contribution in [0.3, 0.4) is 0 Å². The highest BCUT2D eigenvalue weighted by atomic mass is 32.1. The molecule has 0 fully saturated rings. The van der Waals surface area contributed by atoms with Crippen LogP contribution >= 0.6 is 11.3 Å². The average Bonchev–Trinajstić information content (AvgIpc) is 2.84. The van der Waals surface area contributed by atoms with E-state index in [2.05, 4.69) is 0 Å². The van der Waals surface area contributed by atoms with E-state index in [1.165, 1.54) is 11.3 Å². The number of para-hydroxylation sites is 1. The van der Waals surface area contributed by atoms with Crippen molar-refractivity contribution in [2.75, 3.05) is 0 Å². The van der Waals surface area contributed by atoms with E-state index in [4.69, 9.17) is 4.42 Å². The summed E-state index contributed by atoms with van der Waals surface area (Å²) >= 11 is 1.37. The Labute approximate surface area is 113 Å². The molecule has 4 heteroatoms. The highest BCUT2D eigenvalue weighted by Gasteiger charge is 2.16. The van der Waals surface area contributed by atoms with Gasteiger partial charge < -0.3 is 4.42 Å². The van der Waals surface area contributed by atoms with Crippen molar-refractivity contribution in [2.24, 2.45) is 0 Å². The maximum atomic E-state index is 12.3. The van der Waals surface area contributed by atoms with E-state index in [0.717, 1.165) is 10.3 Å². The van der Waals surface area contributed by atoms with Crippen LogP contribution in [0.2, 0.25) is 0 Å². The zero-order chi connectivity index (χ0) is 13.4. The summed E-state index contributed by atoms with van der Waals surface area (Å²) in [5.74, 6) is -0.280. The first-order chi connectivity index (χ1) is 9.15. The molecule has 0 radical (unpaired) electrons. The topological polar surface area (TPSA) is 47.3 Å². The monoisotopic (exact) mass is 270 g/mol. The van der Waals surface area contributed by atoms with Gasteiger partial charge in [0.25, 0.3) is 0 Å². The molecule has 0 bridgehead atoms. The molecule has 0 unspecified atom stereocenters. The number of thiophene rings is 1. The molecular formula is C15H10O3S. The molecular weight excluding hydrogens is 260 g/mol. The highest BCUT2D eigenvalue weighted by molar-refractivity contribution is 7.14. The van der Waals surface area contributed by atoms with Crippen LogP contribution in [0.25, 0.3) is 11.0 Å². The highest BCUT2D eigenvalue weighted by Crippen LogP contribution is 2.20. The molecule has 3 nitrogen and oxygen atoms in total. The third-order valence-corrected chi connectivity index (χ3v) is 3.85. The van der Waals surface area contributed by atoms with Crippen molar-refractivity contribution in [2.45, 2.75) is 6.92 Å². The second kappa shape index (κ2) is 4.48. The minimum Gasteiger partial charge on any atom is -0.422 e. The smallest absolute Gasteiger partial charge is 0.347 e. The van der Waals surface area contributed by atoms with Gasteiger partial charge >= 0.3 is 5.63 Å². The van der Waals surface area contributed by atoms with Crippen LogP contribution in [-0.4, -0.2) is 5.78 Å². The molecule has 0 N–H and O–H groups in total. The minimum absolute atomic E-state index is 0.0838. The lowest BCUT2D eigenvalue weighted by atomic mass is 10.1. The van der Waals surface area contributed by atoms with Crippen molar-refractivity contribution in [3.63, 3.8) is 0 Å². The third kappa shape index (κ3) is 2.11. The van der Waals surface area contributed by atoms with Crippen molar-refractivity contribution < 1.29 is 9.21 Å². The van der Waals surface area contributed by atoms with Crippen molar-refractivity contribution in [1.82, 2.24) is 0 Å². The van der Waals surface area contributed by atoms with E-state index >= 15 is 0 Å². The van der Waals surface area contributed by atoms with Gasteiger partial charge in [-0.2, -0.15) is 0 Å². The van der Waals surface area contributed by atoms with Gasteiger partial charge in [0.2, 0.25) is 5.78 Å². The first kappa shape index (κ1) is 11.9. The zero-order valence-corrected chi connectivity index (χ0v) is 11.0. The predicted octanol–water partition coefficient (Wildman–Crippen LogP) is 3.39. The van der Waals surface area contributed by atoms with E-state index in [1.807, 2.05) is 25.1 Å². The summed E-state index contributed by atoms with van der Waals surface area (Å²) in [4.78, 5) is 25.7. The van der Waals surface area contributed by atoms with Gasteiger partial charge in [0.05, 0.1) is 4.88 Å². The van der Waals surface area contributed by atoms with Crippen LogP contribution in [-0.2, 0) is 0 Å². The fraction of sp³-hybridized carbons (Fsp3) is 0.0667. The number of rotatable bonds is 2. The van der Waals surface area contributed by atoms with Crippen LogP contribution in [0, 0.1) is 6.92 Å². The van der Waals surface area contributed by atoms with Crippen molar-refractivity contribution in [3.05, 3.63) is 68.2 Å². The summed E-state index contributed by atoms with van der Waals surface area (Å²) < 4.78 is 5.17. The zero-order valence-electron chi connectivity index (χ0n) is 10.2. The predicted molar refractivity (Wildman–Crippen MR) is 75.0 cm³/mol. The number of carbonyl (C=O) groups excluding carboxylic acids is 1. The van der Waals surface area contributed by atoms with Crippen LogP contribution < -0.4 is 5.63 Å². The molecule has 1 aromatic carbocycles. The minimum atomic E-state index is -0.588. The maximum absolute atomic E-state index is 12.3. The normalized spacial score (nSPS) is 10.8. The van der Waals surface area contributed by atoms with E-state index in [1.54, 1.807) is 24.3 Å². The summed E-state index contributed by atoms with van der Waals surface area (Å²) in [5, 5.41) is 0.749. The first-order valence-electron chi connectivity index (χ1n) is 5.79. The average molecular weight is 270 g/mol. The van der Waals surface area contributed by atoms with Crippen LogP contribution in [0.4, 0.5) is 0 Å². The quantitative estimate of drug-likeness (QED) is 0.529. The lowest BCUT2D eigenvalue weighted by Gasteiger charge is -1.99. The Kier molecular flexibility index (Phi) is 2.80. The summed E-state index contributed by atoms with van der Waals surface area (Å²) in [6.45, 7) is 1.92. The van der Waals surface area contributed by atoms with E-state index in [-0.39, 0.29) is 11.3 Å². The van der Waals surface area contributed by atoms with E-state index in [0.29, 0.717) is 10.5 Å². The Balaban J connectivity index is 2.17. The Morgan fingerprint density at radius 2 is 1.95 bits per heavy atom. The van der Waals surface area contributed by atoms with Gasteiger partial charge in [0, 0.05) is 10.3 Å². The molecule has 0 saturated heterocycles.